The zero-order valence-corrected chi connectivity index (χ0v) is 16.7. The number of carbonyl (C=O) groups is 2. The number of piperazine rings is 1. The molecule has 1 saturated heterocycles. The molecule has 0 aliphatic carbocycles. The van der Waals surface area contributed by atoms with Crippen molar-refractivity contribution >= 4 is 17.6 Å². The smallest absolute Gasteiger partial charge is 0.274 e. The first kappa shape index (κ1) is 19.8. The van der Waals surface area contributed by atoms with Crippen LogP contribution in [-0.4, -0.2) is 63.8 Å². The van der Waals surface area contributed by atoms with E-state index in [-0.39, 0.29) is 17.9 Å². The van der Waals surface area contributed by atoms with Crippen LogP contribution in [0.2, 0.25) is 0 Å². The average Bonchev–Trinajstić information content (AvgIpc) is 2.72. The summed E-state index contributed by atoms with van der Waals surface area (Å²) >= 11 is 0. The van der Waals surface area contributed by atoms with Crippen LogP contribution in [-0.2, 0) is 11.3 Å². The number of hydrogen-bond donors (Lipinski definition) is 0. The zero-order valence-electron chi connectivity index (χ0n) is 16.7. The second kappa shape index (κ2) is 8.82. The molecule has 1 aliphatic heterocycles. The van der Waals surface area contributed by atoms with Crippen LogP contribution in [0.25, 0.3) is 0 Å². The van der Waals surface area contributed by atoms with Crippen LogP contribution < -0.4 is 4.90 Å². The Kier molecular flexibility index (Phi) is 6.23. The second-order valence-electron chi connectivity index (χ2n) is 7.27. The summed E-state index contributed by atoms with van der Waals surface area (Å²) in [6.45, 7) is 8.67. The third-order valence-corrected chi connectivity index (χ3v) is 4.98. The first-order chi connectivity index (χ1) is 13.5. The van der Waals surface area contributed by atoms with E-state index < -0.39 is 0 Å². The summed E-state index contributed by atoms with van der Waals surface area (Å²) < 4.78 is 0. The molecule has 2 amide bonds. The Hall–Kier alpha value is -2.96. The van der Waals surface area contributed by atoms with E-state index in [2.05, 4.69) is 40.8 Å². The van der Waals surface area contributed by atoms with Gasteiger partial charge >= 0.3 is 0 Å². The van der Waals surface area contributed by atoms with E-state index in [1.165, 1.54) is 5.56 Å². The molecule has 0 bridgehead atoms. The summed E-state index contributed by atoms with van der Waals surface area (Å²) in [6, 6.07) is 10.5. The predicted octanol–water partition coefficient (Wildman–Crippen LogP) is 2.20. The van der Waals surface area contributed by atoms with Gasteiger partial charge in [0.05, 0.1) is 12.4 Å². The molecule has 0 spiro atoms. The van der Waals surface area contributed by atoms with Crippen molar-refractivity contribution in [2.45, 2.75) is 33.4 Å². The Balaban J connectivity index is 1.68. The largest absolute Gasteiger partial charge is 0.349 e. The predicted molar refractivity (Wildman–Crippen MR) is 108 cm³/mol. The lowest BCUT2D eigenvalue weighted by Crippen LogP contribution is -2.50. The number of benzene rings is 1. The molecule has 2 heterocycles. The topological polar surface area (TPSA) is 69.6 Å². The van der Waals surface area contributed by atoms with Gasteiger partial charge in [0.15, 0.2) is 0 Å². The van der Waals surface area contributed by atoms with Crippen LogP contribution in [0.15, 0.2) is 42.7 Å². The monoisotopic (exact) mass is 381 g/mol. The van der Waals surface area contributed by atoms with Crippen LogP contribution in [0, 0.1) is 0 Å². The quantitative estimate of drug-likeness (QED) is 0.794. The minimum Gasteiger partial charge on any atom is -0.349 e. The van der Waals surface area contributed by atoms with Crippen LogP contribution >= 0.6 is 0 Å². The van der Waals surface area contributed by atoms with Gasteiger partial charge in [-0.05, 0) is 19.4 Å². The van der Waals surface area contributed by atoms with Gasteiger partial charge in [0.1, 0.15) is 11.5 Å². The van der Waals surface area contributed by atoms with Gasteiger partial charge in [-0.25, -0.2) is 9.97 Å². The van der Waals surface area contributed by atoms with E-state index in [9.17, 15) is 9.59 Å². The minimum absolute atomic E-state index is 0.0448. The van der Waals surface area contributed by atoms with Crippen molar-refractivity contribution in [1.82, 2.24) is 19.8 Å². The molecule has 1 aliphatic rings. The molecule has 3 rings (SSSR count). The van der Waals surface area contributed by atoms with E-state index in [0.29, 0.717) is 31.9 Å². The van der Waals surface area contributed by atoms with Gasteiger partial charge in [-0.15, -0.1) is 0 Å². The third kappa shape index (κ3) is 4.65. The van der Waals surface area contributed by atoms with Crippen molar-refractivity contribution < 1.29 is 9.59 Å². The first-order valence-corrected chi connectivity index (χ1v) is 9.63. The molecule has 1 fully saturated rings. The molecule has 2 aromatic rings. The molecule has 0 radical (unpaired) electrons. The Morgan fingerprint density at radius 3 is 2.18 bits per heavy atom. The molecular weight excluding hydrogens is 354 g/mol. The maximum absolute atomic E-state index is 12.7. The van der Waals surface area contributed by atoms with Crippen molar-refractivity contribution in [3.63, 3.8) is 0 Å². The molecular formula is C21H27N5O2. The van der Waals surface area contributed by atoms with Crippen molar-refractivity contribution in [3.05, 3.63) is 54.0 Å². The lowest BCUT2D eigenvalue weighted by molar-refractivity contribution is -0.130. The van der Waals surface area contributed by atoms with Crippen LogP contribution in [0.1, 0.15) is 36.8 Å². The van der Waals surface area contributed by atoms with Gasteiger partial charge in [-0.2, -0.15) is 0 Å². The number of amides is 2. The van der Waals surface area contributed by atoms with Crippen molar-refractivity contribution in [2.24, 2.45) is 0 Å². The molecule has 28 heavy (non-hydrogen) atoms. The fourth-order valence-electron chi connectivity index (χ4n) is 3.27. The maximum Gasteiger partial charge on any atom is 0.274 e. The number of anilines is 1. The maximum atomic E-state index is 12.7. The highest BCUT2D eigenvalue weighted by atomic mass is 16.2. The van der Waals surface area contributed by atoms with E-state index in [4.69, 9.17) is 0 Å². The van der Waals surface area contributed by atoms with Gasteiger partial charge in [0.2, 0.25) is 5.91 Å². The summed E-state index contributed by atoms with van der Waals surface area (Å²) in [5.74, 6) is 0.654. The zero-order chi connectivity index (χ0) is 20.1. The Labute approximate surface area is 166 Å². The number of hydrogen-bond acceptors (Lipinski definition) is 5. The Bertz CT molecular complexity index is 799. The highest BCUT2D eigenvalue weighted by molar-refractivity contribution is 5.92. The van der Waals surface area contributed by atoms with Gasteiger partial charge in [-0.3, -0.25) is 9.59 Å². The van der Waals surface area contributed by atoms with E-state index in [1.54, 1.807) is 29.1 Å². The number of carbonyl (C=O) groups excluding carboxylic acids is 2. The second-order valence-corrected chi connectivity index (χ2v) is 7.27. The Morgan fingerprint density at radius 2 is 1.64 bits per heavy atom. The number of nitrogens with zero attached hydrogens (tertiary/aromatic N) is 5. The van der Waals surface area contributed by atoms with Crippen molar-refractivity contribution in [3.8, 4) is 0 Å². The fraction of sp³-hybridized carbons (Fsp3) is 0.429. The summed E-state index contributed by atoms with van der Waals surface area (Å²) in [4.78, 5) is 38.6. The van der Waals surface area contributed by atoms with E-state index >= 15 is 0 Å². The lowest BCUT2D eigenvalue weighted by Gasteiger charge is -2.34. The summed E-state index contributed by atoms with van der Waals surface area (Å²) in [5.41, 5.74) is 1.53. The summed E-state index contributed by atoms with van der Waals surface area (Å²) in [7, 11) is 0. The van der Waals surface area contributed by atoms with Gasteiger partial charge in [-0.1, -0.05) is 30.3 Å². The molecule has 1 aromatic heterocycles. The van der Waals surface area contributed by atoms with Crippen molar-refractivity contribution in [1.29, 1.82) is 0 Å². The highest BCUT2D eigenvalue weighted by Crippen LogP contribution is 2.17. The van der Waals surface area contributed by atoms with Gasteiger partial charge < -0.3 is 14.7 Å². The Morgan fingerprint density at radius 1 is 1.00 bits per heavy atom. The molecule has 0 unspecified atom stereocenters. The number of aromatic nitrogens is 2. The van der Waals surface area contributed by atoms with Crippen molar-refractivity contribution in [2.75, 3.05) is 31.1 Å². The molecule has 7 nitrogen and oxygen atoms in total. The standard InChI is InChI=1S/C21H27N5O2/c1-16(2)26(15-18-7-5-4-6-8-18)20-14-22-19(13-23-20)21(28)25-11-9-24(10-12-25)17(3)27/h4-8,13-14,16H,9-12,15H2,1-3H3. The average molecular weight is 381 g/mol. The number of rotatable bonds is 5. The molecule has 1 aromatic carbocycles. The van der Waals surface area contributed by atoms with Crippen LogP contribution in [0.5, 0.6) is 0 Å². The molecule has 148 valence electrons. The molecule has 0 N–H and O–H groups in total. The summed E-state index contributed by atoms with van der Waals surface area (Å²) in [6.07, 6.45) is 3.22. The first-order valence-electron chi connectivity index (χ1n) is 9.63. The van der Waals surface area contributed by atoms with E-state index in [0.717, 1.165) is 12.4 Å². The third-order valence-electron chi connectivity index (χ3n) is 4.98. The van der Waals surface area contributed by atoms with Crippen LogP contribution in [0.4, 0.5) is 5.82 Å². The lowest BCUT2D eigenvalue weighted by atomic mass is 10.2. The van der Waals surface area contributed by atoms with Crippen LogP contribution in [0.3, 0.4) is 0 Å². The SMILES string of the molecule is CC(=O)N1CCN(C(=O)c2cnc(N(Cc3ccccc3)C(C)C)cn2)CC1. The molecule has 0 saturated carbocycles. The van der Waals surface area contributed by atoms with E-state index in [1.807, 2.05) is 18.2 Å². The molecule has 7 heteroatoms. The molecule has 0 atom stereocenters. The van der Waals surface area contributed by atoms with Gasteiger partial charge in [0.25, 0.3) is 5.91 Å². The fourth-order valence-corrected chi connectivity index (χ4v) is 3.27. The minimum atomic E-state index is -0.138. The highest BCUT2D eigenvalue weighted by Gasteiger charge is 2.24. The summed E-state index contributed by atoms with van der Waals surface area (Å²) in [5, 5.41) is 0. The normalized spacial score (nSPS) is 14.3. The van der Waals surface area contributed by atoms with Gasteiger partial charge in [0, 0.05) is 45.7 Å².